The van der Waals surface area contributed by atoms with Crippen LogP contribution in [0.4, 0.5) is 11.8 Å². The highest BCUT2D eigenvalue weighted by Crippen LogP contribution is 2.33. The third-order valence-corrected chi connectivity index (χ3v) is 6.62. The van der Waals surface area contributed by atoms with Gasteiger partial charge < -0.3 is 25.4 Å². The molecule has 1 saturated carbocycles. The van der Waals surface area contributed by atoms with E-state index >= 15 is 0 Å². The Morgan fingerprint density at radius 3 is 2.56 bits per heavy atom. The predicted octanol–water partition coefficient (Wildman–Crippen LogP) is 4.89. The number of nitrogens with one attached hydrogen (secondary N) is 2. The number of nitrogens with zero attached hydrogens (tertiary/aromatic N) is 5. The Bertz CT molecular complexity index is 1320. The van der Waals surface area contributed by atoms with Crippen molar-refractivity contribution >= 4 is 22.9 Å². The van der Waals surface area contributed by atoms with Gasteiger partial charge in [-0.2, -0.15) is 9.97 Å². The molecule has 1 aliphatic carbocycles. The van der Waals surface area contributed by atoms with E-state index in [1.165, 1.54) is 12.8 Å². The van der Waals surface area contributed by atoms with Crippen LogP contribution >= 0.6 is 0 Å². The number of imidazole rings is 1. The molecule has 9 nitrogen and oxygen atoms in total. The van der Waals surface area contributed by atoms with Crippen LogP contribution in [0.2, 0.25) is 0 Å². The summed E-state index contributed by atoms with van der Waals surface area (Å²) in [5.41, 5.74) is 3.20. The summed E-state index contributed by atoms with van der Waals surface area (Å²) in [7, 11) is 0. The van der Waals surface area contributed by atoms with Crippen molar-refractivity contribution in [2.75, 3.05) is 17.2 Å². The first-order valence-corrected chi connectivity index (χ1v) is 12.6. The number of anilines is 2. The summed E-state index contributed by atoms with van der Waals surface area (Å²) in [6.45, 7) is 4.65. The molecule has 0 amide bonds. The van der Waals surface area contributed by atoms with Crippen LogP contribution in [0.3, 0.4) is 0 Å². The van der Waals surface area contributed by atoms with E-state index in [4.69, 9.17) is 9.97 Å². The van der Waals surface area contributed by atoms with Crippen molar-refractivity contribution in [2.45, 2.75) is 64.1 Å². The molecule has 1 aliphatic rings. The summed E-state index contributed by atoms with van der Waals surface area (Å²) in [5.74, 6) is 1.39. The van der Waals surface area contributed by atoms with Crippen molar-refractivity contribution in [3.05, 3.63) is 54.5 Å². The maximum atomic E-state index is 10.1. The highest BCUT2D eigenvalue weighted by Gasteiger charge is 2.22. The number of aromatic hydroxyl groups is 1. The molecule has 3 heterocycles. The van der Waals surface area contributed by atoms with Gasteiger partial charge in [0.05, 0.1) is 17.6 Å². The summed E-state index contributed by atoms with van der Waals surface area (Å²) < 4.78 is 2.18. The molecule has 0 unspecified atom stereocenters. The standard InChI is InChI=1S/C27H33N7O2/c1-27(2,36)13-14-28-26-32-24(23-25(33-26)34(17-31-23)19-7-3-4-8-19)30-16-18-11-12-21(29-15-18)20-9-5-6-10-22(20)35/h5-6,9-12,15,17,19,35-36H,3-4,7-8,13-14,16H2,1-2H3,(H2,28,30,32,33). The average molecular weight is 488 g/mol. The lowest BCUT2D eigenvalue weighted by Crippen LogP contribution is -2.23. The average Bonchev–Trinajstić information content (AvgIpc) is 3.52. The van der Waals surface area contributed by atoms with Crippen molar-refractivity contribution in [3.63, 3.8) is 0 Å². The molecule has 0 atom stereocenters. The van der Waals surface area contributed by atoms with Crippen LogP contribution in [-0.4, -0.2) is 46.9 Å². The number of rotatable bonds is 9. The molecule has 4 N–H and O–H groups in total. The fourth-order valence-electron chi connectivity index (χ4n) is 4.61. The maximum absolute atomic E-state index is 10.1. The van der Waals surface area contributed by atoms with E-state index in [-0.39, 0.29) is 5.75 Å². The molecule has 4 aromatic rings. The second-order valence-corrected chi connectivity index (χ2v) is 10.1. The first-order valence-electron chi connectivity index (χ1n) is 12.6. The first kappa shape index (κ1) is 24.0. The number of hydrogen-bond donors (Lipinski definition) is 4. The summed E-state index contributed by atoms with van der Waals surface area (Å²) >= 11 is 0. The van der Waals surface area contributed by atoms with Gasteiger partial charge in [0.1, 0.15) is 5.75 Å². The van der Waals surface area contributed by atoms with Gasteiger partial charge in [-0.25, -0.2) is 4.98 Å². The van der Waals surface area contributed by atoms with Crippen LogP contribution in [-0.2, 0) is 6.54 Å². The Kier molecular flexibility index (Phi) is 6.73. The fraction of sp³-hybridized carbons (Fsp3) is 0.407. The largest absolute Gasteiger partial charge is 0.507 e. The van der Waals surface area contributed by atoms with Crippen molar-refractivity contribution in [2.24, 2.45) is 0 Å². The molecule has 0 saturated heterocycles. The van der Waals surface area contributed by atoms with Gasteiger partial charge in [0.25, 0.3) is 0 Å². The van der Waals surface area contributed by atoms with Gasteiger partial charge in [0.2, 0.25) is 5.95 Å². The van der Waals surface area contributed by atoms with E-state index in [1.807, 2.05) is 30.6 Å². The Hall–Kier alpha value is -3.72. The number of hydrogen-bond acceptors (Lipinski definition) is 8. The maximum Gasteiger partial charge on any atom is 0.226 e. The van der Waals surface area contributed by atoms with Crippen molar-refractivity contribution in [1.82, 2.24) is 24.5 Å². The molecule has 0 spiro atoms. The zero-order valence-corrected chi connectivity index (χ0v) is 20.8. The van der Waals surface area contributed by atoms with Gasteiger partial charge in [-0.05, 0) is 56.9 Å². The zero-order valence-electron chi connectivity index (χ0n) is 20.8. The molecule has 36 heavy (non-hydrogen) atoms. The first-order chi connectivity index (χ1) is 17.4. The monoisotopic (exact) mass is 487 g/mol. The van der Waals surface area contributed by atoms with Crippen LogP contribution < -0.4 is 10.6 Å². The lowest BCUT2D eigenvalue weighted by atomic mass is 10.1. The van der Waals surface area contributed by atoms with Crippen LogP contribution in [0.25, 0.3) is 22.4 Å². The topological polar surface area (TPSA) is 121 Å². The van der Waals surface area contributed by atoms with Gasteiger partial charge in [0.15, 0.2) is 17.0 Å². The minimum Gasteiger partial charge on any atom is -0.507 e. The Balaban J connectivity index is 1.38. The van der Waals surface area contributed by atoms with Gasteiger partial charge in [0, 0.05) is 30.9 Å². The van der Waals surface area contributed by atoms with E-state index in [2.05, 4.69) is 25.2 Å². The van der Waals surface area contributed by atoms with Gasteiger partial charge >= 0.3 is 0 Å². The Morgan fingerprint density at radius 1 is 1.03 bits per heavy atom. The number of phenols is 1. The predicted molar refractivity (Wildman–Crippen MR) is 141 cm³/mol. The van der Waals surface area contributed by atoms with Crippen molar-refractivity contribution in [1.29, 1.82) is 0 Å². The number of aromatic nitrogens is 5. The van der Waals surface area contributed by atoms with E-state index in [0.717, 1.165) is 35.3 Å². The highest BCUT2D eigenvalue weighted by atomic mass is 16.3. The van der Waals surface area contributed by atoms with E-state index in [1.54, 1.807) is 32.2 Å². The van der Waals surface area contributed by atoms with Gasteiger partial charge in [-0.3, -0.25) is 4.98 Å². The number of para-hydroxylation sites is 1. The molecular formula is C27H33N7O2. The molecule has 1 fully saturated rings. The van der Waals surface area contributed by atoms with Gasteiger partial charge in [-0.1, -0.05) is 31.0 Å². The summed E-state index contributed by atoms with van der Waals surface area (Å²) in [5, 5.41) is 26.9. The second kappa shape index (κ2) is 10.1. The summed E-state index contributed by atoms with van der Waals surface area (Å²) in [6, 6.07) is 11.5. The lowest BCUT2D eigenvalue weighted by Gasteiger charge is -2.17. The van der Waals surface area contributed by atoms with Crippen LogP contribution in [0.15, 0.2) is 48.9 Å². The molecule has 0 radical (unpaired) electrons. The number of benzene rings is 1. The molecule has 0 aliphatic heterocycles. The molecule has 0 bridgehead atoms. The van der Waals surface area contributed by atoms with Crippen molar-refractivity contribution in [3.8, 4) is 17.0 Å². The normalized spacial score (nSPS) is 14.4. The minimum absolute atomic E-state index is 0.210. The second-order valence-electron chi connectivity index (χ2n) is 10.1. The number of phenolic OH excluding ortho intramolecular Hbond substituents is 1. The SMILES string of the molecule is CC(C)(O)CCNc1nc(NCc2ccc(-c3ccccc3O)nc2)c2ncn(C3CCCC3)c2n1. The molecule has 3 aromatic heterocycles. The number of fused-ring (bicyclic) bond motifs is 1. The number of aliphatic hydroxyl groups is 1. The van der Waals surface area contributed by atoms with Gasteiger partial charge in [-0.15, -0.1) is 0 Å². The van der Waals surface area contributed by atoms with E-state index in [0.29, 0.717) is 42.9 Å². The van der Waals surface area contributed by atoms with Crippen LogP contribution in [0.1, 0.15) is 57.6 Å². The molecular weight excluding hydrogens is 454 g/mol. The number of pyridine rings is 1. The zero-order chi connectivity index (χ0) is 25.1. The van der Waals surface area contributed by atoms with Crippen molar-refractivity contribution < 1.29 is 10.2 Å². The highest BCUT2D eigenvalue weighted by molar-refractivity contribution is 5.84. The minimum atomic E-state index is -0.764. The Labute approximate surface area is 210 Å². The van der Waals surface area contributed by atoms with E-state index in [9.17, 15) is 10.2 Å². The molecule has 5 rings (SSSR count). The quantitative estimate of drug-likeness (QED) is 0.263. The van der Waals surface area contributed by atoms with E-state index < -0.39 is 5.60 Å². The lowest BCUT2D eigenvalue weighted by molar-refractivity contribution is 0.0748. The molecule has 188 valence electrons. The van der Waals surface area contributed by atoms with Crippen LogP contribution in [0, 0.1) is 0 Å². The third-order valence-electron chi connectivity index (χ3n) is 6.62. The third kappa shape index (κ3) is 5.41. The molecule has 9 heteroatoms. The fourth-order valence-corrected chi connectivity index (χ4v) is 4.61. The molecule has 1 aromatic carbocycles. The smallest absolute Gasteiger partial charge is 0.226 e. The van der Waals surface area contributed by atoms with Crippen LogP contribution in [0.5, 0.6) is 5.75 Å². The summed E-state index contributed by atoms with van der Waals surface area (Å²) in [6.07, 6.45) is 8.97. The summed E-state index contributed by atoms with van der Waals surface area (Å²) in [4.78, 5) is 18.7. The Morgan fingerprint density at radius 2 is 1.83 bits per heavy atom.